The Balaban J connectivity index is 1.36. The summed E-state index contributed by atoms with van der Waals surface area (Å²) in [6.07, 6.45) is 5.19. The van der Waals surface area contributed by atoms with Crippen LogP contribution in [-0.4, -0.2) is 35.2 Å². The number of nitrogens with zero attached hydrogens (tertiary/aromatic N) is 4. The van der Waals surface area contributed by atoms with Gasteiger partial charge in [0, 0.05) is 17.8 Å². The van der Waals surface area contributed by atoms with Crippen LogP contribution in [0.25, 0.3) is 0 Å². The summed E-state index contributed by atoms with van der Waals surface area (Å²) in [5.74, 6) is 0.560. The van der Waals surface area contributed by atoms with E-state index in [4.69, 9.17) is 4.74 Å². The smallest absolute Gasteiger partial charge is 0.278 e. The fraction of sp³-hybridized carbons (Fsp3) is 0.280. The molecule has 1 aliphatic heterocycles. The molecule has 2 aromatic carbocycles. The minimum atomic E-state index is -0.431. The first-order chi connectivity index (χ1) is 16.1. The second-order valence-corrected chi connectivity index (χ2v) is 8.38. The van der Waals surface area contributed by atoms with E-state index >= 15 is 0 Å². The molecule has 0 saturated heterocycles. The van der Waals surface area contributed by atoms with E-state index < -0.39 is 5.91 Å². The van der Waals surface area contributed by atoms with Crippen molar-refractivity contribution in [3.63, 3.8) is 0 Å². The van der Waals surface area contributed by atoms with Crippen LogP contribution in [0.15, 0.2) is 48.7 Å². The highest BCUT2D eigenvalue weighted by molar-refractivity contribution is 6.13. The molecule has 3 aromatic rings. The Hall–Kier alpha value is -4.12. The first kappa shape index (κ1) is 20.8. The second-order valence-electron chi connectivity index (χ2n) is 8.38. The number of carbonyl (C=O) groups is 2. The topological polar surface area (TPSA) is 100 Å². The Morgan fingerprint density at radius 3 is 2.70 bits per heavy atom. The number of fused-ring (bicyclic) bond motifs is 1. The maximum Gasteiger partial charge on any atom is 0.278 e. The number of nitriles is 1. The molecule has 8 nitrogen and oxygen atoms in total. The summed E-state index contributed by atoms with van der Waals surface area (Å²) in [4.78, 5) is 27.9. The molecule has 1 aliphatic carbocycles. The summed E-state index contributed by atoms with van der Waals surface area (Å²) < 4.78 is 6.75. The Kier molecular flexibility index (Phi) is 5.31. The first-order valence-electron chi connectivity index (χ1n) is 10.9. The van der Waals surface area contributed by atoms with Gasteiger partial charge in [0.25, 0.3) is 11.8 Å². The third-order valence-electron chi connectivity index (χ3n) is 6.12. The number of carbonyl (C=O) groups excluding carboxylic acids is 2. The molecule has 0 spiro atoms. The number of rotatable bonds is 6. The van der Waals surface area contributed by atoms with Crippen LogP contribution >= 0.6 is 0 Å². The maximum atomic E-state index is 13.3. The Morgan fingerprint density at radius 1 is 1.21 bits per heavy atom. The average molecular weight is 441 g/mol. The largest absolute Gasteiger partial charge is 0.495 e. The molecule has 1 N–H and O–H groups in total. The van der Waals surface area contributed by atoms with E-state index in [9.17, 15) is 14.9 Å². The van der Waals surface area contributed by atoms with Crippen molar-refractivity contribution in [1.82, 2.24) is 9.78 Å². The lowest BCUT2D eigenvalue weighted by Gasteiger charge is -2.28. The van der Waals surface area contributed by atoms with E-state index in [1.807, 2.05) is 18.2 Å². The van der Waals surface area contributed by atoms with Crippen molar-refractivity contribution in [2.24, 2.45) is 5.92 Å². The van der Waals surface area contributed by atoms with Crippen molar-refractivity contribution < 1.29 is 14.3 Å². The van der Waals surface area contributed by atoms with Gasteiger partial charge in [-0.2, -0.15) is 10.4 Å². The molecule has 2 heterocycles. The summed E-state index contributed by atoms with van der Waals surface area (Å²) in [6.45, 7) is 1.04. The van der Waals surface area contributed by atoms with Crippen LogP contribution in [0.4, 0.5) is 11.4 Å². The standard InChI is InChI=1S/C25H23N5O3/c1-33-22-9-6-18(13-19(22)14-26)24(31)28-21-15-27-30-11-10-29(25(32)23(21)30)20-7-4-17(5-8-20)12-16-2-3-16/h4-9,13,15-16H,2-3,10-12H2,1H3,(H,28,31). The highest BCUT2D eigenvalue weighted by atomic mass is 16.5. The number of ether oxygens (including phenoxy) is 1. The lowest BCUT2D eigenvalue weighted by molar-refractivity contribution is 0.0963. The van der Waals surface area contributed by atoms with Crippen LogP contribution in [0, 0.1) is 17.2 Å². The molecule has 5 rings (SSSR count). The fourth-order valence-electron chi connectivity index (χ4n) is 4.14. The van der Waals surface area contributed by atoms with Crippen molar-refractivity contribution in [3.05, 3.63) is 71.0 Å². The summed E-state index contributed by atoms with van der Waals surface area (Å²) >= 11 is 0. The van der Waals surface area contributed by atoms with Gasteiger partial charge < -0.3 is 15.0 Å². The van der Waals surface area contributed by atoms with Crippen LogP contribution in [0.2, 0.25) is 0 Å². The Bertz CT molecular complexity index is 1270. The molecule has 2 amide bonds. The molecular formula is C25H23N5O3. The molecule has 0 atom stereocenters. The van der Waals surface area contributed by atoms with Gasteiger partial charge in [0.05, 0.1) is 31.1 Å². The highest BCUT2D eigenvalue weighted by Gasteiger charge is 2.30. The minimum absolute atomic E-state index is 0.212. The molecule has 33 heavy (non-hydrogen) atoms. The van der Waals surface area contributed by atoms with Gasteiger partial charge in [0.2, 0.25) is 0 Å². The third-order valence-corrected chi connectivity index (χ3v) is 6.12. The van der Waals surface area contributed by atoms with Gasteiger partial charge >= 0.3 is 0 Å². The number of aromatic nitrogens is 2. The monoisotopic (exact) mass is 441 g/mol. The van der Waals surface area contributed by atoms with Gasteiger partial charge in [-0.05, 0) is 61.1 Å². The van der Waals surface area contributed by atoms with Gasteiger partial charge in [-0.1, -0.05) is 12.1 Å². The molecule has 2 aliphatic rings. The first-order valence-corrected chi connectivity index (χ1v) is 10.9. The van der Waals surface area contributed by atoms with E-state index in [-0.39, 0.29) is 11.5 Å². The van der Waals surface area contributed by atoms with Crippen LogP contribution in [0.1, 0.15) is 44.8 Å². The third kappa shape index (κ3) is 4.05. The van der Waals surface area contributed by atoms with E-state index in [1.54, 1.807) is 21.7 Å². The summed E-state index contributed by atoms with van der Waals surface area (Å²) in [5.41, 5.74) is 3.35. The van der Waals surface area contributed by atoms with Crippen molar-refractivity contribution >= 4 is 23.2 Å². The second kappa shape index (κ2) is 8.43. The number of benzene rings is 2. The average Bonchev–Trinajstić information content (AvgIpc) is 3.57. The van der Waals surface area contributed by atoms with E-state index in [0.717, 1.165) is 18.0 Å². The van der Waals surface area contributed by atoms with Gasteiger partial charge in [0.15, 0.2) is 0 Å². The SMILES string of the molecule is COc1ccc(C(=O)Nc2cnn3c2C(=O)N(c2ccc(CC4CC4)cc2)CC3)cc1C#N. The summed E-state index contributed by atoms with van der Waals surface area (Å²) in [7, 11) is 1.47. The van der Waals surface area contributed by atoms with Crippen LogP contribution in [0.3, 0.4) is 0 Å². The lowest BCUT2D eigenvalue weighted by Crippen LogP contribution is -2.41. The van der Waals surface area contributed by atoms with Crippen molar-refractivity contribution in [2.75, 3.05) is 23.9 Å². The van der Waals surface area contributed by atoms with Crippen LogP contribution in [-0.2, 0) is 13.0 Å². The lowest BCUT2D eigenvalue weighted by atomic mass is 10.1. The zero-order chi connectivity index (χ0) is 22.9. The van der Waals surface area contributed by atoms with Crippen molar-refractivity contribution in [1.29, 1.82) is 5.26 Å². The quantitative estimate of drug-likeness (QED) is 0.630. The molecule has 0 radical (unpaired) electrons. The van der Waals surface area contributed by atoms with Crippen LogP contribution < -0.4 is 15.0 Å². The molecule has 8 heteroatoms. The number of nitrogens with one attached hydrogen (secondary N) is 1. The van der Waals surface area contributed by atoms with Gasteiger partial charge in [0.1, 0.15) is 17.5 Å². The maximum absolute atomic E-state index is 13.3. The summed E-state index contributed by atoms with van der Waals surface area (Å²) in [5, 5.41) is 16.3. The Morgan fingerprint density at radius 2 is 2.00 bits per heavy atom. The fourth-order valence-corrected chi connectivity index (χ4v) is 4.14. The molecule has 0 unspecified atom stereocenters. The zero-order valence-corrected chi connectivity index (χ0v) is 18.2. The molecule has 1 aromatic heterocycles. The molecule has 1 saturated carbocycles. The minimum Gasteiger partial charge on any atom is -0.495 e. The van der Waals surface area contributed by atoms with Gasteiger partial charge in [-0.15, -0.1) is 0 Å². The molecule has 1 fully saturated rings. The number of anilines is 2. The highest BCUT2D eigenvalue weighted by Crippen LogP contribution is 2.33. The number of hydrogen-bond donors (Lipinski definition) is 1. The van der Waals surface area contributed by atoms with Crippen molar-refractivity contribution in [3.8, 4) is 11.8 Å². The van der Waals surface area contributed by atoms with E-state index in [2.05, 4.69) is 22.5 Å². The molecule has 166 valence electrons. The predicted octanol–water partition coefficient (Wildman–Crippen LogP) is 3.63. The Labute approximate surface area is 191 Å². The number of hydrogen-bond acceptors (Lipinski definition) is 5. The van der Waals surface area contributed by atoms with Gasteiger partial charge in [-0.3, -0.25) is 14.3 Å². The van der Waals surface area contributed by atoms with Crippen LogP contribution in [0.5, 0.6) is 5.75 Å². The van der Waals surface area contributed by atoms with Crippen molar-refractivity contribution in [2.45, 2.75) is 25.8 Å². The van der Waals surface area contributed by atoms with Gasteiger partial charge in [-0.25, -0.2) is 0 Å². The number of amides is 2. The zero-order valence-electron chi connectivity index (χ0n) is 18.2. The summed E-state index contributed by atoms with van der Waals surface area (Å²) in [6, 6.07) is 14.8. The normalized spacial score (nSPS) is 15.0. The molecule has 0 bridgehead atoms. The molecular weight excluding hydrogens is 418 g/mol. The number of methoxy groups -OCH3 is 1. The predicted molar refractivity (Wildman–Crippen MR) is 122 cm³/mol. The van der Waals surface area contributed by atoms with E-state index in [1.165, 1.54) is 37.8 Å². The van der Waals surface area contributed by atoms with E-state index in [0.29, 0.717) is 35.8 Å².